The van der Waals surface area contributed by atoms with Gasteiger partial charge in [-0.1, -0.05) is 13.8 Å². The van der Waals surface area contributed by atoms with Gasteiger partial charge in [0.1, 0.15) is 11.3 Å². The number of nitrogens with zero attached hydrogens (tertiary/aromatic N) is 3. The molecule has 1 aliphatic rings. The minimum atomic E-state index is 0.302. The van der Waals surface area contributed by atoms with Crippen LogP contribution in [-0.4, -0.2) is 14.5 Å². The Balaban J connectivity index is 2.29. The molecule has 102 valence electrons. The normalized spacial score (nSPS) is 15.9. The van der Waals surface area contributed by atoms with Crippen molar-refractivity contribution in [2.75, 3.05) is 5.73 Å². The van der Waals surface area contributed by atoms with Gasteiger partial charge in [0.05, 0.1) is 11.9 Å². The van der Waals surface area contributed by atoms with Gasteiger partial charge in [-0.3, -0.25) is 0 Å². The standard InChI is InChI=1S/C15H22N4/c1-8(2)12-13-15(19(9(3)4)14(12)16)17-7-11(18-13)10-5-6-10/h7-10H,5-6,16H2,1-4H3. The lowest BCUT2D eigenvalue weighted by Gasteiger charge is -2.12. The molecule has 0 aliphatic heterocycles. The summed E-state index contributed by atoms with van der Waals surface area (Å²) >= 11 is 0. The first kappa shape index (κ1) is 12.5. The van der Waals surface area contributed by atoms with Gasteiger partial charge in [0.2, 0.25) is 0 Å². The van der Waals surface area contributed by atoms with Gasteiger partial charge in [0, 0.05) is 17.5 Å². The fourth-order valence-corrected chi connectivity index (χ4v) is 2.79. The Bertz CT molecular complexity index is 621. The molecule has 4 heteroatoms. The Labute approximate surface area is 114 Å². The molecule has 2 aromatic heterocycles. The number of hydrogen-bond acceptors (Lipinski definition) is 3. The van der Waals surface area contributed by atoms with Crippen LogP contribution in [-0.2, 0) is 0 Å². The summed E-state index contributed by atoms with van der Waals surface area (Å²) in [6.07, 6.45) is 4.43. The van der Waals surface area contributed by atoms with E-state index in [1.165, 1.54) is 12.8 Å². The first-order chi connectivity index (χ1) is 9.00. The van der Waals surface area contributed by atoms with E-state index in [1.54, 1.807) is 0 Å². The van der Waals surface area contributed by atoms with Crippen LogP contribution in [0.4, 0.5) is 5.82 Å². The fourth-order valence-electron chi connectivity index (χ4n) is 2.79. The van der Waals surface area contributed by atoms with Crippen LogP contribution in [0.1, 0.15) is 69.7 Å². The van der Waals surface area contributed by atoms with Crippen molar-refractivity contribution >= 4 is 17.0 Å². The van der Waals surface area contributed by atoms with Crippen LogP contribution in [0, 0.1) is 0 Å². The van der Waals surface area contributed by atoms with Crippen molar-refractivity contribution in [1.82, 2.24) is 14.5 Å². The van der Waals surface area contributed by atoms with E-state index in [0.29, 0.717) is 17.9 Å². The van der Waals surface area contributed by atoms with Gasteiger partial charge < -0.3 is 10.3 Å². The Morgan fingerprint density at radius 3 is 2.47 bits per heavy atom. The summed E-state index contributed by atoms with van der Waals surface area (Å²) in [6.45, 7) is 8.61. The van der Waals surface area contributed by atoms with Crippen LogP contribution >= 0.6 is 0 Å². The van der Waals surface area contributed by atoms with Crippen LogP contribution in [0.25, 0.3) is 11.2 Å². The second-order valence-electron chi connectivity index (χ2n) is 6.16. The maximum atomic E-state index is 6.34. The molecule has 4 nitrogen and oxygen atoms in total. The highest BCUT2D eigenvalue weighted by Gasteiger charge is 2.28. The highest BCUT2D eigenvalue weighted by Crippen LogP contribution is 2.41. The summed E-state index contributed by atoms with van der Waals surface area (Å²) in [4.78, 5) is 9.51. The quantitative estimate of drug-likeness (QED) is 0.915. The molecule has 0 aromatic carbocycles. The van der Waals surface area contributed by atoms with E-state index < -0.39 is 0 Å². The molecule has 2 N–H and O–H groups in total. The summed E-state index contributed by atoms with van der Waals surface area (Å²) in [5.41, 5.74) is 10.6. The smallest absolute Gasteiger partial charge is 0.160 e. The maximum Gasteiger partial charge on any atom is 0.160 e. The lowest BCUT2D eigenvalue weighted by molar-refractivity contribution is 0.623. The van der Waals surface area contributed by atoms with Gasteiger partial charge in [0.15, 0.2) is 5.65 Å². The highest BCUT2D eigenvalue weighted by molar-refractivity contribution is 5.83. The van der Waals surface area contributed by atoms with Crippen LogP contribution < -0.4 is 5.73 Å². The molecule has 2 heterocycles. The number of rotatable bonds is 3. The Morgan fingerprint density at radius 2 is 1.95 bits per heavy atom. The van der Waals surface area contributed by atoms with Crippen molar-refractivity contribution in [1.29, 1.82) is 0 Å². The molecule has 0 radical (unpaired) electrons. The molecular weight excluding hydrogens is 236 g/mol. The van der Waals surface area contributed by atoms with Crippen LogP contribution in [0.3, 0.4) is 0 Å². The zero-order valence-electron chi connectivity index (χ0n) is 12.1. The van der Waals surface area contributed by atoms with Gasteiger partial charge in [-0.2, -0.15) is 0 Å². The molecule has 0 bridgehead atoms. The Hall–Kier alpha value is -1.58. The van der Waals surface area contributed by atoms with E-state index >= 15 is 0 Å². The number of nitrogens with two attached hydrogens (primary N) is 1. The van der Waals surface area contributed by atoms with Crippen LogP contribution in [0.2, 0.25) is 0 Å². The van der Waals surface area contributed by atoms with Crippen molar-refractivity contribution in [3.05, 3.63) is 17.5 Å². The molecule has 1 aliphatic carbocycles. The minimum absolute atomic E-state index is 0.302. The van der Waals surface area contributed by atoms with E-state index in [9.17, 15) is 0 Å². The maximum absolute atomic E-state index is 6.34. The number of anilines is 1. The molecule has 0 saturated heterocycles. The van der Waals surface area contributed by atoms with E-state index in [-0.39, 0.29) is 0 Å². The monoisotopic (exact) mass is 258 g/mol. The SMILES string of the molecule is CC(C)c1c(N)n(C(C)C)c2ncc(C3CC3)nc12. The van der Waals surface area contributed by atoms with E-state index in [2.05, 4.69) is 37.2 Å². The van der Waals surface area contributed by atoms with Gasteiger partial charge in [-0.15, -0.1) is 0 Å². The third kappa shape index (κ3) is 1.90. The molecule has 1 saturated carbocycles. The Kier molecular flexibility index (Phi) is 2.77. The largest absolute Gasteiger partial charge is 0.385 e. The molecule has 1 fully saturated rings. The number of nitrogen functional groups attached to an aromatic ring is 1. The van der Waals surface area contributed by atoms with E-state index in [4.69, 9.17) is 10.7 Å². The van der Waals surface area contributed by atoms with Gasteiger partial charge in [-0.05, 0) is 32.6 Å². The molecule has 2 aromatic rings. The van der Waals surface area contributed by atoms with Gasteiger partial charge in [0.25, 0.3) is 0 Å². The average molecular weight is 258 g/mol. The second-order valence-corrected chi connectivity index (χ2v) is 6.16. The highest BCUT2D eigenvalue weighted by atomic mass is 15.1. The lowest BCUT2D eigenvalue weighted by atomic mass is 10.1. The summed E-state index contributed by atoms with van der Waals surface area (Å²) in [7, 11) is 0. The zero-order chi connectivity index (χ0) is 13.7. The predicted molar refractivity (Wildman–Crippen MR) is 78.4 cm³/mol. The number of hydrogen-bond donors (Lipinski definition) is 1. The van der Waals surface area contributed by atoms with E-state index in [0.717, 1.165) is 28.2 Å². The van der Waals surface area contributed by atoms with Crippen LogP contribution in [0.15, 0.2) is 6.20 Å². The molecule has 0 unspecified atom stereocenters. The lowest BCUT2D eigenvalue weighted by Crippen LogP contribution is -2.07. The molecule has 0 amide bonds. The van der Waals surface area contributed by atoms with E-state index in [1.807, 2.05) is 6.20 Å². The molecular formula is C15H22N4. The third-order valence-electron chi connectivity index (χ3n) is 3.88. The summed E-state index contributed by atoms with van der Waals surface area (Å²) in [6, 6.07) is 0.302. The average Bonchev–Trinajstić information content (AvgIpc) is 3.10. The van der Waals surface area contributed by atoms with Gasteiger partial charge in [-0.25, -0.2) is 9.97 Å². The van der Waals surface area contributed by atoms with Crippen LogP contribution in [0.5, 0.6) is 0 Å². The minimum Gasteiger partial charge on any atom is -0.385 e. The first-order valence-electron chi connectivity index (χ1n) is 7.17. The number of aromatic nitrogens is 3. The van der Waals surface area contributed by atoms with Crippen molar-refractivity contribution in [3.63, 3.8) is 0 Å². The van der Waals surface area contributed by atoms with Crippen molar-refractivity contribution in [2.45, 2.75) is 58.4 Å². The zero-order valence-corrected chi connectivity index (χ0v) is 12.1. The summed E-state index contributed by atoms with van der Waals surface area (Å²) < 4.78 is 2.11. The fraction of sp³-hybridized carbons (Fsp3) is 0.600. The summed E-state index contributed by atoms with van der Waals surface area (Å²) in [5.74, 6) is 1.82. The third-order valence-corrected chi connectivity index (χ3v) is 3.88. The summed E-state index contributed by atoms with van der Waals surface area (Å²) in [5, 5.41) is 0. The van der Waals surface area contributed by atoms with Crippen molar-refractivity contribution in [3.8, 4) is 0 Å². The topological polar surface area (TPSA) is 56.7 Å². The molecule has 3 rings (SSSR count). The van der Waals surface area contributed by atoms with Gasteiger partial charge >= 0.3 is 0 Å². The van der Waals surface area contributed by atoms with Crippen molar-refractivity contribution < 1.29 is 0 Å². The number of fused-ring (bicyclic) bond motifs is 1. The Morgan fingerprint density at radius 1 is 1.26 bits per heavy atom. The first-order valence-corrected chi connectivity index (χ1v) is 7.17. The molecule has 19 heavy (non-hydrogen) atoms. The predicted octanol–water partition coefficient (Wildman–Crippen LogP) is 3.60. The molecule has 0 atom stereocenters. The second kappa shape index (κ2) is 4.22. The van der Waals surface area contributed by atoms with Crippen molar-refractivity contribution in [2.24, 2.45) is 0 Å². The molecule has 0 spiro atoms.